The SMILES string of the molecule is COc1cc(CN(C(=O)NC2CCCN(c3cc(C)ccc3F)C2)C2CC2)ccc1O. The molecular weight excluding hydrogens is 397 g/mol. The molecule has 2 fully saturated rings. The van der Waals surface area contributed by atoms with Gasteiger partial charge in [-0.05, 0) is 68.0 Å². The fourth-order valence-corrected chi connectivity index (χ4v) is 4.21. The number of benzene rings is 2. The molecule has 1 atom stereocenters. The third kappa shape index (κ3) is 5.03. The normalized spacial score (nSPS) is 18.5. The number of nitrogens with zero attached hydrogens (tertiary/aromatic N) is 2. The molecular formula is C24H30FN3O3. The summed E-state index contributed by atoms with van der Waals surface area (Å²) in [6, 6.07) is 10.4. The largest absolute Gasteiger partial charge is 0.504 e. The Morgan fingerprint density at radius 2 is 2.06 bits per heavy atom. The Morgan fingerprint density at radius 1 is 1.26 bits per heavy atom. The molecule has 0 aromatic heterocycles. The van der Waals surface area contributed by atoms with Crippen molar-refractivity contribution in [1.82, 2.24) is 10.2 Å². The zero-order chi connectivity index (χ0) is 22.0. The van der Waals surface area contributed by atoms with Gasteiger partial charge in [0, 0.05) is 31.7 Å². The molecule has 2 aliphatic rings. The average molecular weight is 428 g/mol. The number of ether oxygens (including phenoxy) is 1. The van der Waals surface area contributed by atoms with Crippen LogP contribution >= 0.6 is 0 Å². The van der Waals surface area contributed by atoms with Crippen molar-refractivity contribution in [1.29, 1.82) is 0 Å². The van der Waals surface area contributed by atoms with E-state index in [1.807, 2.05) is 28.9 Å². The Kier molecular flexibility index (Phi) is 6.20. The van der Waals surface area contributed by atoms with Gasteiger partial charge in [0.1, 0.15) is 5.82 Å². The number of phenols is 1. The minimum atomic E-state index is -0.224. The van der Waals surface area contributed by atoms with Gasteiger partial charge in [-0.2, -0.15) is 0 Å². The monoisotopic (exact) mass is 427 g/mol. The van der Waals surface area contributed by atoms with E-state index in [0.717, 1.165) is 43.4 Å². The molecule has 2 aromatic carbocycles. The molecule has 7 heteroatoms. The first-order valence-electron chi connectivity index (χ1n) is 10.9. The van der Waals surface area contributed by atoms with Crippen molar-refractivity contribution in [2.45, 2.75) is 51.2 Å². The molecule has 4 rings (SSSR count). The van der Waals surface area contributed by atoms with E-state index in [0.29, 0.717) is 24.5 Å². The van der Waals surface area contributed by atoms with Crippen molar-refractivity contribution in [3.8, 4) is 11.5 Å². The van der Waals surface area contributed by atoms with E-state index in [1.54, 1.807) is 18.2 Å². The number of anilines is 1. The van der Waals surface area contributed by atoms with E-state index in [4.69, 9.17) is 4.74 Å². The Hall–Kier alpha value is -2.96. The zero-order valence-electron chi connectivity index (χ0n) is 18.1. The molecule has 1 aliphatic carbocycles. The van der Waals surface area contributed by atoms with Crippen molar-refractivity contribution in [2.75, 3.05) is 25.1 Å². The standard InChI is InChI=1S/C24H30FN3O3/c1-16-5-9-20(25)21(12-16)27-11-3-4-18(15-27)26-24(30)28(19-7-8-19)14-17-6-10-22(29)23(13-17)31-2/h5-6,9-10,12-13,18-19,29H,3-4,7-8,11,14-15H2,1-2H3,(H,26,30). The van der Waals surface area contributed by atoms with E-state index in [1.165, 1.54) is 13.2 Å². The molecule has 0 spiro atoms. The highest BCUT2D eigenvalue weighted by atomic mass is 19.1. The fraction of sp³-hybridized carbons (Fsp3) is 0.458. The van der Waals surface area contributed by atoms with Crippen LogP contribution in [0.2, 0.25) is 0 Å². The molecule has 1 unspecified atom stereocenters. The summed E-state index contributed by atoms with van der Waals surface area (Å²) in [7, 11) is 1.51. The molecule has 0 radical (unpaired) electrons. The molecule has 1 saturated heterocycles. The van der Waals surface area contributed by atoms with E-state index >= 15 is 0 Å². The number of carbonyl (C=O) groups excluding carboxylic acids is 1. The van der Waals surface area contributed by atoms with Gasteiger partial charge in [0.05, 0.1) is 12.8 Å². The first-order chi connectivity index (χ1) is 14.9. The Labute approximate surface area is 182 Å². The number of halogens is 1. The molecule has 2 N–H and O–H groups in total. The Balaban J connectivity index is 1.42. The predicted octanol–water partition coefficient (Wildman–Crippen LogP) is 4.19. The number of urea groups is 1. The summed E-state index contributed by atoms with van der Waals surface area (Å²) in [4.78, 5) is 17.0. The van der Waals surface area contributed by atoms with Crippen molar-refractivity contribution in [2.24, 2.45) is 0 Å². The highest BCUT2D eigenvalue weighted by molar-refractivity contribution is 5.75. The third-order valence-corrected chi connectivity index (χ3v) is 6.04. The molecule has 166 valence electrons. The predicted molar refractivity (Wildman–Crippen MR) is 118 cm³/mol. The van der Waals surface area contributed by atoms with Gasteiger partial charge in [-0.25, -0.2) is 9.18 Å². The number of rotatable bonds is 6. The number of nitrogens with one attached hydrogen (secondary N) is 1. The van der Waals surface area contributed by atoms with Crippen molar-refractivity contribution < 1.29 is 19.0 Å². The number of phenolic OH excluding ortho intramolecular Hbond substituents is 1. The molecule has 2 amide bonds. The number of methoxy groups -OCH3 is 1. The van der Waals surface area contributed by atoms with Crippen LogP contribution in [0, 0.1) is 12.7 Å². The van der Waals surface area contributed by atoms with Crippen LogP contribution in [-0.4, -0.2) is 48.3 Å². The lowest BCUT2D eigenvalue weighted by molar-refractivity contribution is 0.186. The number of amides is 2. The summed E-state index contributed by atoms with van der Waals surface area (Å²) < 4.78 is 19.5. The first-order valence-corrected chi connectivity index (χ1v) is 10.9. The Morgan fingerprint density at radius 3 is 2.81 bits per heavy atom. The summed E-state index contributed by atoms with van der Waals surface area (Å²) in [5.74, 6) is 0.259. The maximum Gasteiger partial charge on any atom is 0.318 e. The second kappa shape index (κ2) is 9.04. The van der Waals surface area contributed by atoms with E-state index in [-0.39, 0.29) is 29.7 Å². The minimum absolute atomic E-state index is 0.0308. The van der Waals surface area contributed by atoms with Crippen LogP contribution in [0.4, 0.5) is 14.9 Å². The lowest BCUT2D eigenvalue weighted by atomic mass is 10.0. The average Bonchev–Trinajstić information content (AvgIpc) is 3.60. The molecule has 2 aromatic rings. The summed E-state index contributed by atoms with van der Waals surface area (Å²) in [6.45, 7) is 3.79. The van der Waals surface area contributed by atoms with Crippen molar-refractivity contribution >= 4 is 11.7 Å². The van der Waals surface area contributed by atoms with Crippen LogP contribution in [0.25, 0.3) is 0 Å². The van der Waals surface area contributed by atoms with Crippen LogP contribution in [0.5, 0.6) is 11.5 Å². The second-order valence-electron chi connectivity index (χ2n) is 8.55. The van der Waals surface area contributed by atoms with Crippen LogP contribution in [-0.2, 0) is 6.54 Å². The number of hydrogen-bond donors (Lipinski definition) is 2. The number of aryl methyl sites for hydroxylation is 1. The zero-order valence-corrected chi connectivity index (χ0v) is 18.1. The molecule has 1 heterocycles. The molecule has 6 nitrogen and oxygen atoms in total. The van der Waals surface area contributed by atoms with Gasteiger partial charge in [0.2, 0.25) is 0 Å². The van der Waals surface area contributed by atoms with Crippen LogP contribution < -0.4 is 15.0 Å². The van der Waals surface area contributed by atoms with Gasteiger partial charge in [-0.3, -0.25) is 0 Å². The van der Waals surface area contributed by atoms with Gasteiger partial charge < -0.3 is 25.0 Å². The topological polar surface area (TPSA) is 65.0 Å². The molecule has 1 saturated carbocycles. The number of hydrogen-bond acceptors (Lipinski definition) is 4. The van der Waals surface area contributed by atoms with Gasteiger partial charge in [0.25, 0.3) is 0 Å². The smallest absolute Gasteiger partial charge is 0.318 e. The first kappa shape index (κ1) is 21.3. The van der Waals surface area contributed by atoms with Gasteiger partial charge >= 0.3 is 6.03 Å². The third-order valence-electron chi connectivity index (χ3n) is 6.04. The lowest BCUT2D eigenvalue weighted by Crippen LogP contribution is -2.52. The summed E-state index contributed by atoms with van der Waals surface area (Å²) >= 11 is 0. The van der Waals surface area contributed by atoms with Gasteiger partial charge in [-0.15, -0.1) is 0 Å². The van der Waals surface area contributed by atoms with Crippen LogP contribution in [0.15, 0.2) is 36.4 Å². The summed E-state index contributed by atoms with van der Waals surface area (Å²) in [6.07, 6.45) is 3.76. The van der Waals surface area contributed by atoms with Gasteiger partial charge in [0.15, 0.2) is 11.5 Å². The second-order valence-corrected chi connectivity index (χ2v) is 8.55. The summed E-state index contributed by atoms with van der Waals surface area (Å²) in [5.41, 5.74) is 2.53. The van der Waals surface area contributed by atoms with Gasteiger partial charge in [-0.1, -0.05) is 12.1 Å². The molecule has 0 bridgehead atoms. The van der Waals surface area contributed by atoms with Crippen molar-refractivity contribution in [3.05, 3.63) is 53.3 Å². The quantitative estimate of drug-likeness (QED) is 0.726. The fourth-order valence-electron chi connectivity index (χ4n) is 4.21. The number of piperidine rings is 1. The Bertz CT molecular complexity index is 948. The van der Waals surface area contributed by atoms with Crippen molar-refractivity contribution in [3.63, 3.8) is 0 Å². The highest BCUT2D eigenvalue weighted by Crippen LogP contribution is 2.32. The highest BCUT2D eigenvalue weighted by Gasteiger charge is 2.34. The number of aromatic hydroxyl groups is 1. The molecule has 1 aliphatic heterocycles. The van der Waals surface area contributed by atoms with E-state index in [9.17, 15) is 14.3 Å². The van der Waals surface area contributed by atoms with E-state index in [2.05, 4.69) is 5.32 Å². The minimum Gasteiger partial charge on any atom is -0.504 e. The van der Waals surface area contributed by atoms with E-state index < -0.39 is 0 Å². The molecule has 31 heavy (non-hydrogen) atoms. The van der Waals surface area contributed by atoms with Crippen LogP contribution in [0.1, 0.15) is 36.8 Å². The lowest BCUT2D eigenvalue weighted by Gasteiger charge is -2.36. The van der Waals surface area contributed by atoms with Crippen LogP contribution in [0.3, 0.4) is 0 Å². The maximum absolute atomic E-state index is 14.4. The summed E-state index contributed by atoms with van der Waals surface area (Å²) in [5, 5.41) is 13.0. The maximum atomic E-state index is 14.4. The number of carbonyl (C=O) groups is 1.